The van der Waals surface area contributed by atoms with Gasteiger partial charge in [-0.1, -0.05) is 31.1 Å². The first-order valence-electron chi connectivity index (χ1n) is 8.21. The van der Waals surface area contributed by atoms with Gasteiger partial charge in [0, 0.05) is 29.8 Å². The Morgan fingerprint density at radius 3 is 3.00 bits per heavy atom. The van der Waals surface area contributed by atoms with E-state index in [-0.39, 0.29) is 12.3 Å². The first-order valence-corrected chi connectivity index (χ1v) is 9.91. The molecular weight excluding hydrogens is 354 g/mol. The first kappa shape index (κ1) is 17.6. The highest BCUT2D eigenvalue weighted by Crippen LogP contribution is 2.23. The van der Waals surface area contributed by atoms with Crippen molar-refractivity contribution in [3.63, 3.8) is 0 Å². The van der Waals surface area contributed by atoms with E-state index < -0.39 is 0 Å². The zero-order valence-corrected chi connectivity index (χ0v) is 15.6. The molecule has 0 unspecified atom stereocenters. The van der Waals surface area contributed by atoms with Gasteiger partial charge in [0.1, 0.15) is 10.0 Å². The topological polar surface area (TPSA) is 80.7 Å². The standard InChI is InChI=1S/C17H19N5OS2/c1-2-3-4-7-15-21-22-17(25-15)20-14(23)9-13-11-24-16(19-13)12-6-5-8-18-10-12/h5-6,8,10-11H,2-4,7,9H2,1H3,(H,20,22,23). The van der Waals surface area contributed by atoms with E-state index in [0.29, 0.717) is 5.13 Å². The minimum absolute atomic E-state index is 0.126. The molecule has 0 aliphatic heterocycles. The molecule has 0 radical (unpaired) electrons. The second-order valence-corrected chi connectivity index (χ2v) is 7.49. The molecule has 0 atom stereocenters. The summed E-state index contributed by atoms with van der Waals surface area (Å²) in [6.07, 6.45) is 8.11. The van der Waals surface area contributed by atoms with E-state index in [1.54, 1.807) is 12.4 Å². The monoisotopic (exact) mass is 373 g/mol. The molecule has 0 bridgehead atoms. The maximum Gasteiger partial charge on any atom is 0.232 e. The molecule has 0 aliphatic rings. The van der Waals surface area contributed by atoms with Gasteiger partial charge in [-0.25, -0.2) is 4.98 Å². The van der Waals surface area contributed by atoms with E-state index in [0.717, 1.165) is 34.1 Å². The number of thiazole rings is 1. The number of amides is 1. The van der Waals surface area contributed by atoms with Crippen molar-refractivity contribution in [1.29, 1.82) is 0 Å². The lowest BCUT2D eigenvalue weighted by Gasteiger charge is -1.98. The van der Waals surface area contributed by atoms with Crippen molar-refractivity contribution >= 4 is 33.7 Å². The lowest BCUT2D eigenvalue weighted by Crippen LogP contribution is -2.14. The Morgan fingerprint density at radius 2 is 2.20 bits per heavy atom. The smallest absolute Gasteiger partial charge is 0.232 e. The molecule has 0 aromatic carbocycles. The van der Waals surface area contributed by atoms with Crippen LogP contribution in [0.3, 0.4) is 0 Å². The van der Waals surface area contributed by atoms with E-state index in [9.17, 15) is 4.79 Å². The van der Waals surface area contributed by atoms with Crippen LogP contribution in [0, 0.1) is 0 Å². The number of nitrogens with zero attached hydrogens (tertiary/aromatic N) is 4. The fourth-order valence-corrected chi connectivity index (χ4v) is 3.88. The lowest BCUT2D eigenvalue weighted by atomic mass is 10.2. The first-order chi connectivity index (χ1) is 12.2. The maximum absolute atomic E-state index is 12.2. The Kier molecular flexibility index (Phi) is 6.19. The second kappa shape index (κ2) is 8.77. The van der Waals surface area contributed by atoms with Gasteiger partial charge in [0.15, 0.2) is 0 Å². The summed E-state index contributed by atoms with van der Waals surface area (Å²) in [4.78, 5) is 20.8. The van der Waals surface area contributed by atoms with E-state index in [2.05, 4.69) is 32.4 Å². The SMILES string of the molecule is CCCCCc1nnc(NC(=O)Cc2csc(-c3cccnc3)n2)s1. The van der Waals surface area contributed by atoms with Crippen LogP contribution in [-0.4, -0.2) is 26.1 Å². The van der Waals surface area contributed by atoms with Crippen molar-refractivity contribution in [2.45, 2.75) is 39.0 Å². The second-order valence-electron chi connectivity index (χ2n) is 5.57. The quantitative estimate of drug-likeness (QED) is 0.604. The third-order valence-electron chi connectivity index (χ3n) is 3.51. The molecule has 3 aromatic rings. The minimum Gasteiger partial charge on any atom is -0.300 e. The van der Waals surface area contributed by atoms with Crippen molar-refractivity contribution in [3.05, 3.63) is 40.6 Å². The molecule has 0 saturated heterocycles. The number of carbonyl (C=O) groups is 1. The van der Waals surface area contributed by atoms with Gasteiger partial charge in [0.2, 0.25) is 11.0 Å². The summed E-state index contributed by atoms with van der Waals surface area (Å²) in [7, 11) is 0. The van der Waals surface area contributed by atoms with Crippen molar-refractivity contribution < 1.29 is 4.79 Å². The summed E-state index contributed by atoms with van der Waals surface area (Å²) in [6, 6.07) is 3.83. The van der Waals surface area contributed by atoms with Gasteiger partial charge in [-0.2, -0.15) is 0 Å². The van der Waals surface area contributed by atoms with Crippen LogP contribution < -0.4 is 5.32 Å². The van der Waals surface area contributed by atoms with Crippen LogP contribution in [0.25, 0.3) is 10.6 Å². The average molecular weight is 374 g/mol. The molecule has 0 fully saturated rings. The van der Waals surface area contributed by atoms with Crippen LogP contribution in [0.2, 0.25) is 0 Å². The molecule has 130 valence electrons. The molecule has 6 nitrogen and oxygen atoms in total. The van der Waals surface area contributed by atoms with Crippen LogP contribution in [0.5, 0.6) is 0 Å². The third-order valence-corrected chi connectivity index (χ3v) is 5.35. The zero-order chi connectivity index (χ0) is 17.5. The highest BCUT2D eigenvalue weighted by atomic mass is 32.1. The summed E-state index contributed by atoms with van der Waals surface area (Å²) in [5, 5.41) is 15.3. The fraction of sp³-hybridized carbons (Fsp3) is 0.353. The number of carbonyl (C=O) groups excluding carboxylic acids is 1. The summed E-state index contributed by atoms with van der Waals surface area (Å²) in [6.45, 7) is 2.17. The van der Waals surface area contributed by atoms with Gasteiger partial charge in [-0.3, -0.25) is 9.78 Å². The minimum atomic E-state index is -0.126. The van der Waals surface area contributed by atoms with Gasteiger partial charge < -0.3 is 5.32 Å². The molecule has 0 spiro atoms. The number of rotatable bonds is 8. The summed E-state index contributed by atoms with van der Waals surface area (Å²) >= 11 is 2.95. The number of hydrogen-bond acceptors (Lipinski definition) is 7. The zero-order valence-electron chi connectivity index (χ0n) is 13.9. The maximum atomic E-state index is 12.2. The molecule has 8 heteroatoms. The van der Waals surface area contributed by atoms with Crippen LogP contribution in [0.1, 0.15) is 36.9 Å². The van der Waals surface area contributed by atoms with E-state index in [1.165, 1.54) is 35.5 Å². The predicted molar refractivity (Wildman–Crippen MR) is 101 cm³/mol. The van der Waals surface area contributed by atoms with Gasteiger partial charge in [-0.05, 0) is 18.6 Å². The fourth-order valence-electron chi connectivity index (χ4n) is 2.27. The molecule has 25 heavy (non-hydrogen) atoms. The number of nitrogens with one attached hydrogen (secondary N) is 1. The molecule has 1 N–H and O–H groups in total. The molecule has 0 aliphatic carbocycles. The van der Waals surface area contributed by atoms with Crippen LogP contribution in [-0.2, 0) is 17.6 Å². The molecule has 3 aromatic heterocycles. The van der Waals surface area contributed by atoms with E-state index in [4.69, 9.17) is 0 Å². The lowest BCUT2D eigenvalue weighted by molar-refractivity contribution is -0.115. The van der Waals surface area contributed by atoms with Crippen molar-refractivity contribution in [2.24, 2.45) is 0 Å². The number of unbranched alkanes of at least 4 members (excludes halogenated alkanes) is 2. The van der Waals surface area contributed by atoms with Crippen LogP contribution in [0.15, 0.2) is 29.9 Å². The van der Waals surface area contributed by atoms with E-state index in [1.807, 2.05) is 17.5 Å². The van der Waals surface area contributed by atoms with Crippen LogP contribution in [0.4, 0.5) is 5.13 Å². The van der Waals surface area contributed by atoms with Gasteiger partial charge in [0.05, 0.1) is 12.1 Å². The largest absolute Gasteiger partial charge is 0.300 e. The summed E-state index contributed by atoms with van der Waals surface area (Å²) in [5.74, 6) is -0.126. The van der Waals surface area contributed by atoms with Gasteiger partial charge in [0.25, 0.3) is 0 Å². The predicted octanol–water partition coefficient (Wildman–Crippen LogP) is 3.97. The van der Waals surface area contributed by atoms with Crippen LogP contribution >= 0.6 is 22.7 Å². The van der Waals surface area contributed by atoms with Gasteiger partial charge in [-0.15, -0.1) is 21.5 Å². The highest BCUT2D eigenvalue weighted by molar-refractivity contribution is 7.15. The number of pyridine rings is 1. The van der Waals surface area contributed by atoms with Crippen molar-refractivity contribution in [1.82, 2.24) is 20.2 Å². The normalized spacial score (nSPS) is 10.8. The average Bonchev–Trinajstić information content (AvgIpc) is 3.26. The Morgan fingerprint density at radius 1 is 1.28 bits per heavy atom. The molecule has 0 saturated carbocycles. The molecule has 3 heterocycles. The molecule has 3 rings (SSSR count). The Balaban J connectivity index is 1.54. The Hall–Kier alpha value is -2.19. The summed E-state index contributed by atoms with van der Waals surface area (Å²) in [5.41, 5.74) is 1.70. The molecular formula is C17H19N5OS2. The summed E-state index contributed by atoms with van der Waals surface area (Å²) < 4.78 is 0. The number of aryl methyl sites for hydroxylation is 1. The van der Waals surface area contributed by atoms with E-state index >= 15 is 0 Å². The Labute approximate surface area is 154 Å². The third kappa shape index (κ3) is 5.14. The highest BCUT2D eigenvalue weighted by Gasteiger charge is 2.12. The number of aromatic nitrogens is 4. The van der Waals surface area contributed by atoms with Crippen molar-refractivity contribution in [2.75, 3.05) is 5.32 Å². The number of hydrogen-bond donors (Lipinski definition) is 1. The number of anilines is 1. The van der Waals surface area contributed by atoms with Gasteiger partial charge >= 0.3 is 0 Å². The Bertz CT molecular complexity index is 815. The van der Waals surface area contributed by atoms with Crippen molar-refractivity contribution in [3.8, 4) is 10.6 Å². The molecule has 1 amide bonds.